The molecule has 1 aromatic rings. The minimum Gasteiger partial charge on any atom is -0.465 e. The molecule has 0 amide bonds. The van der Waals surface area contributed by atoms with Crippen molar-refractivity contribution >= 4 is 23.4 Å². The summed E-state index contributed by atoms with van der Waals surface area (Å²) >= 11 is 5.80. The minimum absolute atomic E-state index is 0.110. The van der Waals surface area contributed by atoms with Gasteiger partial charge in [-0.3, -0.25) is 4.79 Å². The molecule has 100 valence electrons. The van der Waals surface area contributed by atoms with Gasteiger partial charge >= 0.3 is 5.97 Å². The van der Waals surface area contributed by atoms with Crippen LogP contribution in [-0.4, -0.2) is 35.1 Å². The van der Waals surface area contributed by atoms with Gasteiger partial charge in [0.25, 0.3) is 0 Å². The number of esters is 1. The van der Waals surface area contributed by atoms with Crippen LogP contribution in [0.4, 0.5) is 5.82 Å². The maximum Gasteiger partial charge on any atom is 0.325 e. The van der Waals surface area contributed by atoms with E-state index < -0.39 is 0 Å². The zero-order valence-corrected chi connectivity index (χ0v) is 11.9. The van der Waals surface area contributed by atoms with Gasteiger partial charge in [0.05, 0.1) is 6.61 Å². The van der Waals surface area contributed by atoms with Crippen LogP contribution in [0, 0.1) is 6.92 Å². The Hall–Kier alpha value is -1.36. The Morgan fingerprint density at radius 1 is 1.56 bits per heavy atom. The van der Waals surface area contributed by atoms with E-state index in [2.05, 4.69) is 9.97 Å². The van der Waals surface area contributed by atoms with E-state index in [1.54, 1.807) is 13.1 Å². The van der Waals surface area contributed by atoms with Gasteiger partial charge in [-0.1, -0.05) is 0 Å². The first-order chi connectivity index (χ1) is 8.45. The molecule has 0 atom stereocenters. The Labute approximate surface area is 112 Å². The third-order valence-electron chi connectivity index (χ3n) is 2.42. The van der Waals surface area contributed by atoms with Crippen LogP contribution in [0.1, 0.15) is 26.3 Å². The molecule has 0 bridgehead atoms. The Bertz CT molecular complexity index is 424. The standard InChI is InChI=1S/C12H18ClN3O2/c1-5-18-10(17)7-16(8(2)3)11-9(4)6-14-12(13)15-11/h6,8H,5,7H2,1-4H3. The number of aryl methyl sites for hydroxylation is 1. The first-order valence-electron chi connectivity index (χ1n) is 5.87. The molecule has 0 saturated heterocycles. The van der Waals surface area contributed by atoms with Gasteiger partial charge in [-0.2, -0.15) is 0 Å². The smallest absolute Gasteiger partial charge is 0.325 e. The van der Waals surface area contributed by atoms with Crippen LogP contribution in [0.2, 0.25) is 5.28 Å². The maximum atomic E-state index is 11.6. The molecule has 0 saturated carbocycles. The number of anilines is 1. The second-order valence-electron chi connectivity index (χ2n) is 4.17. The number of aromatic nitrogens is 2. The van der Waals surface area contributed by atoms with Crippen LogP contribution >= 0.6 is 11.6 Å². The summed E-state index contributed by atoms with van der Waals surface area (Å²) < 4.78 is 4.96. The van der Waals surface area contributed by atoms with Gasteiger partial charge in [-0.15, -0.1) is 0 Å². The summed E-state index contributed by atoms with van der Waals surface area (Å²) in [5.74, 6) is 0.387. The summed E-state index contributed by atoms with van der Waals surface area (Å²) in [6.45, 7) is 8.15. The van der Waals surface area contributed by atoms with Crippen LogP contribution < -0.4 is 4.90 Å². The molecule has 6 heteroatoms. The average Bonchev–Trinajstić information content (AvgIpc) is 2.29. The third-order valence-corrected chi connectivity index (χ3v) is 2.60. The van der Waals surface area contributed by atoms with Crippen LogP contribution in [0.5, 0.6) is 0 Å². The van der Waals surface area contributed by atoms with E-state index in [1.165, 1.54) is 0 Å². The lowest BCUT2D eigenvalue weighted by Gasteiger charge is -2.27. The van der Waals surface area contributed by atoms with Gasteiger partial charge in [-0.05, 0) is 39.3 Å². The van der Waals surface area contributed by atoms with E-state index >= 15 is 0 Å². The number of rotatable bonds is 5. The van der Waals surface area contributed by atoms with Crippen LogP contribution in [0.3, 0.4) is 0 Å². The molecule has 0 N–H and O–H groups in total. The average molecular weight is 272 g/mol. The fourth-order valence-corrected chi connectivity index (χ4v) is 1.68. The zero-order valence-electron chi connectivity index (χ0n) is 11.1. The number of halogens is 1. The van der Waals surface area contributed by atoms with Gasteiger partial charge < -0.3 is 9.64 Å². The Kier molecular flexibility index (Phi) is 5.34. The van der Waals surface area contributed by atoms with E-state index in [4.69, 9.17) is 16.3 Å². The number of carbonyl (C=O) groups is 1. The monoisotopic (exact) mass is 271 g/mol. The molecule has 0 aliphatic heterocycles. The normalized spacial score (nSPS) is 10.6. The third kappa shape index (κ3) is 3.84. The lowest BCUT2D eigenvalue weighted by Crippen LogP contribution is -2.37. The molecule has 18 heavy (non-hydrogen) atoms. The zero-order chi connectivity index (χ0) is 13.7. The lowest BCUT2D eigenvalue weighted by molar-refractivity contribution is -0.141. The molecule has 0 aliphatic carbocycles. The topological polar surface area (TPSA) is 55.3 Å². The molecular formula is C12H18ClN3O2. The van der Waals surface area contributed by atoms with Gasteiger partial charge in [0.2, 0.25) is 5.28 Å². The summed E-state index contributed by atoms with van der Waals surface area (Å²) in [5, 5.41) is 0.171. The number of ether oxygens (including phenoxy) is 1. The van der Waals surface area contributed by atoms with E-state index in [1.807, 2.05) is 25.7 Å². The van der Waals surface area contributed by atoms with Crippen molar-refractivity contribution in [3.63, 3.8) is 0 Å². The predicted molar refractivity (Wildman–Crippen MR) is 70.9 cm³/mol. The quantitative estimate of drug-likeness (QED) is 0.607. The van der Waals surface area contributed by atoms with Crippen molar-refractivity contribution in [1.82, 2.24) is 9.97 Å². The highest BCUT2D eigenvalue weighted by Crippen LogP contribution is 2.20. The molecule has 0 radical (unpaired) electrons. The summed E-state index contributed by atoms with van der Waals surface area (Å²) in [7, 11) is 0. The Balaban J connectivity index is 2.97. The van der Waals surface area contributed by atoms with Crippen molar-refractivity contribution in [3.8, 4) is 0 Å². The fraction of sp³-hybridized carbons (Fsp3) is 0.583. The molecule has 1 heterocycles. The predicted octanol–water partition coefficient (Wildman–Crippen LogP) is 2.22. The SMILES string of the molecule is CCOC(=O)CN(c1nc(Cl)ncc1C)C(C)C. The molecular weight excluding hydrogens is 254 g/mol. The van der Waals surface area contributed by atoms with E-state index in [9.17, 15) is 4.79 Å². The molecule has 5 nitrogen and oxygen atoms in total. The Morgan fingerprint density at radius 2 is 2.22 bits per heavy atom. The summed E-state index contributed by atoms with van der Waals surface area (Å²) in [5.41, 5.74) is 0.873. The fourth-order valence-electron chi connectivity index (χ4n) is 1.55. The molecule has 1 rings (SSSR count). The largest absolute Gasteiger partial charge is 0.465 e. The highest BCUT2D eigenvalue weighted by Gasteiger charge is 2.19. The van der Waals surface area contributed by atoms with Crippen molar-refractivity contribution in [2.45, 2.75) is 33.7 Å². The van der Waals surface area contributed by atoms with Crippen molar-refractivity contribution < 1.29 is 9.53 Å². The highest BCUT2D eigenvalue weighted by atomic mass is 35.5. The van der Waals surface area contributed by atoms with Crippen molar-refractivity contribution in [1.29, 1.82) is 0 Å². The minimum atomic E-state index is -0.277. The number of hydrogen-bond donors (Lipinski definition) is 0. The van der Waals surface area contributed by atoms with E-state index in [-0.39, 0.29) is 23.8 Å². The summed E-state index contributed by atoms with van der Waals surface area (Å²) in [6.07, 6.45) is 1.64. The van der Waals surface area contributed by atoms with Gasteiger partial charge in [0.1, 0.15) is 12.4 Å². The van der Waals surface area contributed by atoms with Crippen molar-refractivity contribution in [2.75, 3.05) is 18.1 Å². The second-order valence-corrected chi connectivity index (χ2v) is 4.51. The first kappa shape index (κ1) is 14.7. The highest BCUT2D eigenvalue weighted by molar-refractivity contribution is 6.28. The molecule has 0 aliphatic rings. The number of carbonyl (C=O) groups excluding carboxylic acids is 1. The van der Waals surface area contributed by atoms with Gasteiger partial charge in [-0.25, -0.2) is 9.97 Å². The Morgan fingerprint density at radius 3 is 2.78 bits per heavy atom. The molecule has 0 spiro atoms. The van der Waals surface area contributed by atoms with Crippen LogP contribution in [-0.2, 0) is 9.53 Å². The number of hydrogen-bond acceptors (Lipinski definition) is 5. The second kappa shape index (κ2) is 6.54. The summed E-state index contributed by atoms with van der Waals surface area (Å²) in [4.78, 5) is 21.5. The van der Waals surface area contributed by atoms with Crippen LogP contribution in [0.15, 0.2) is 6.20 Å². The van der Waals surface area contributed by atoms with Gasteiger partial charge in [0.15, 0.2) is 0 Å². The molecule has 0 unspecified atom stereocenters. The van der Waals surface area contributed by atoms with Crippen LogP contribution in [0.25, 0.3) is 0 Å². The van der Waals surface area contributed by atoms with E-state index in [0.29, 0.717) is 12.4 Å². The molecule has 1 aromatic heterocycles. The molecule has 0 fully saturated rings. The summed E-state index contributed by atoms with van der Waals surface area (Å²) in [6, 6.07) is 0.110. The first-order valence-corrected chi connectivity index (χ1v) is 6.24. The van der Waals surface area contributed by atoms with Crippen molar-refractivity contribution in [3.05, 3.63) is 17.0 Å². The van der Waals surface area contributed by atoms with Crippen molar-refractivity contribution in [2.24, 2.45) is 0 Å². The lowest BCUT2D eigenvalue weighted by atomic mass is 10.2. The molecule has 0 aromatic carbocycles. The van der Waals surface area contributed by atoms with E-state index in [0.717, 1.165) is 5.56 Å². The number of nitrogens with zero attached hydrogens (tertiary/aromatic N) is 3. The van der Waals surface area contributed by atoms with Gasteiger partial charge in [0, 0.05) is 17.8 Å². The maximum absolute atomic E-state index is 11.6.